The molecule has 3 rings (SSSR count). The number of hydrogen-bond acceptors (Lipinski definition) is 3. The van der Waals surface area contributed by atoms with Gasteiger partial charge in [0.2, 0.25) is 0 Å². The molecule has 0 spiro atoms. The van der Waals surface area contributed by atoms with Gasteiger partial charge in [-0.1, -0.05) is 11.8 Å². The maximum atomic E-state index is 5.82. The Labute approximate surface area is 131 Å². The van der Waals surface area contributed by atoms with Gasteiger partial charge in [-0.2, -0.15) is 5.10 Å². The summed E-state index contributed by atoms with van der Waals surface area (Å²) >= 11 is 0. The van der Waals surface area contributed by atoms with E-state index >= 15 is 0 Å². The van der Waals surface area contributed by atoms with Gasteiger partial charge in [-0.05, 0) is 43.9 Å². The first kappa shape index (κ1) is 15.1. The lowest BCUT2D eigenvalue weighted by Gasteiger charge is -2.23. The Morgan fingerprint density at radius 3 is 3.18 bits per heavy atom. The Morgan fingerprint density at radius 1 is 1.41 bits per heavy atom. The Morgan fingerprint density at radius 2 is 2.36 bits per heavy atom. The van der Waals surface area contributed by atoms with Crippen molar-refractivity contribution in [2.24, 2.45) is 0 Å². The van der Waals surface area contributed by atoms with Crippen molar-refractivity contribution in [1.82, 2.24) is 9.78 Å². The zero-order valence-corrected chi connectivity index (χ0v) is 13.0. The van der Waals surface area contributed by atoms with Crippen LogP contribution in [0.15, 0.2) is 24.4 Å². The molecular formula is C18H22N2O2. The molecule has 0 radical (unpaired) electrons. The smallest absolute Gasteiger partial charge is 0.150 e. The van der Waals surface area contributed by atoms with Crippen LogP contribution in [0.2, 0.25) is 0 Å². The molecule has 0 aliphatic carbocycles. The highest BCUT2D eigenvalue weighted by atomic mass is 16.5. The topological polar surface area (TPSA) is 36.3 Å². The van der Waals surface area contributed by atoms with Crippen LogP contribution in [0, 0.1) is 11.8 Å². The van der Waals surface area contributed by atoms with Gasteiger partial charge >= 0.3 is 0 Å². The number of rotatable bonds is 4. The lowest BCUT2D eigenvalue weighted by Crippen LogP contribution is -2.18. The molecule has 1 atom stereocenters. The molecule has 2 aromatic rings. The number of methoxy groups -OCH3 is 1. The van der Waals surface area contributed by atoms with E-state index in [0.29, 0.717) is 0 Å². The number of fused-ring (bicyclic) bond motifs is 1. The first-order valence-electron chi connectivity index (χ1n) is 7.95. The fourth-order valence-electron chi connectivity index (χ4n) is 2.75. The van der Waals surface area contributed by atoms with E-state index in [1.807, 2.05) is 10.9 Å². The molecule has 1 aliphatic rings. The molecular weight excluding hydrogens is 276 g/mol. The normalized spacial score (nSPS) is 18.1. The van der Waals surface area contributed by atoms with Crippen LogP contribution < -0.4 is 0 Å². The molecule has 4 heteroatoms. The van der Waals surface area contributed by atoms with Crippen LogP contribution in [0.3, 0.4) is 0 Å². The number of unbranched alkanes of at least 4 members (excludes halogenated alkanes) is 1. The largest absolute Gasteiger partial charge is 0.385 e. The van der Waals surface area contributed by atoms with E-state index in [0.717, 1.165) is 55.4 Å². The molecule has 4 nitrogen and oxygen atoms in total. The summed E-state index contributed by atoms with van der Waals surface area (Å²) in [5.74, 6) is 6.40. The van der Waals surface area contributed by atoms with E-state index in [-0.39, 0.29) is 6.23 Å². The molecule has 1 unspecified atom stereocenters. The quantitative estimate of drug-likeness (QED) is 0.640. The third kappa shape index (κ3) is 3.49. The second-order valence-electron chi connectivity index (χ2n) is 5.58. The highest BCUT2D eigenvalue weighted by Gasteiger charge is 2.18. The van der Waals surface area contributed by atoms with Crippen molar-refractivity contribution in [3.8, 4) is 11.8 Å². The minimum absolute atomic E-state index is 0.0808. The van der Waals surface area contributed by atoms with Gasteiger partial charge in [-0.3, -0.25) is 0 Å². The molecule has 1 saturated heterocycles. The molecule has 0 saturated carbocycles. The van der Waals surface area contributed by atoms with E-state index < -0.39 is 0 Å². The second-order valence-corrected chi connectivity index (χ2v) is 5.58. The van der Waals surface area contributed by atoms with Crippen molar-refractivity contribution in [1.29, 1.82) is 0 Å². The Hall–Kier alpha value is -1.83. The Bertz CT molecular complexity index is 675. The minimum atomic E-state index is 0.0808. The summed E-state index contributed by atoms with van der Waals surface area (Å²) in [6.07, 6.45) is 7.22. The standard InChI is InChI=1S/C18H22N2O2/c1-21-11-5-2-3-7-15-9-10-17-16(13-15)14-19-20(17)18-8-4-6-12-22-18/h9-10,13-14,18H,2,4-6,8,11-12H2,1H3. The predicted octanol–water partition coefficient (Wildman–Crippen LogP) is 3.51. The highest BCUT2D eigenvalue weighted by Crippen LogP contribution is 2.26. The summed E-state index contributed by atoms with van der Waals surface area (Å²) in [7, 11) is 1.72. The van der Waals surface area contributed by atoms with Gasteiger partial charge in [0, 0.05) is 37.7 Å². The van der Waals surface area contributed by atoms with Gasteiger partial charge in [0.05, 0.1) is 11.7 Å². The van der Waals surface area contributed by atoms with Gasteiger partial charge < -0.3 is 9.47 Å². The minimum Gasteiger partial charge on any atom is -0.385 e. The third-order valence-electron chi connectivity index (χ3n) is 3.91. The van der Waals surface area contributed by atoms with Crippen LogP contribution in [0.5, 0.6) is 0 Å². The van der Waals surface area contributed by atoms with E-state index in [4.69, 9.17) is 9.47 Å². The van der Waals surface area contributed by atoms with Crippen LogP contribution in [0.25, 0.3) is 10.9 Å². The molecule has 1 aliphatic heterocycles. The average molecular weight is 298 g/mol. The molecule has 0 bridgehead atoms. The van der Waals surface area contributed by atoms with Crippen LogP contribution in [-0.4, -0.2) is 30.1 Å². The van der Waals surface area contributed by atoms with Crippen LogP contribution in [0.4, 0.5) is 0 Å². The van der Waals surface area contributed by atoms with Crippen molar-refractivity contribution in [2.75, 3.05) is 20.3 Å². The Kier molecular flexibility index (Phi) is 5.10. The summed E-state index contributed by atoms with van der Waals surface area (Å²) in [5, 5.41) is 5.63. The number of ether oxygens (including phenoxy) is 2. The van der Waals surface area contributed by atoms with Gasteiger partial charge in [-0.25, -0.2) is 4.68 Å². The molecule has 1 aromatic heterocycles. The molecule has 0 N–H and O–H groups in total. The molecule has 22 heavy (non-hydrogen) atoms. The molecule has 1 fully saturated rings. The SMILES string of the molecule is COCCCC#Cc1ccc2c(cnn2C2CCCCO2)c1. The van der Waals surface area contributed by atoms with Crippen molar-refractivity contribution < 1.29 is 9.47 Å². The molecule has 1 aromatic carbocycles. The van der Waals surface area contributed by atoms with E-state index in [1.54, 1.807) is 7.11 Å². The lowest BCUT2D eigenvalue weighted by atomic mass is 10.1. The summed E-state index contributed by atoms with van der Waals surface area (Å²) in [5.41, 5.74) is 2.16. The van der Waals surface area contributed by atoms with Crippen LogP contribution >= 0.6 is 0 Å². The summed E-state index contributed by atoms with van der Waals surface area (Å²) in [6.45, 7) is 1.60. The fraction of sp³-hybridized carbons (Fsp3) is 0.500. The fourth-order valence-corrected chi connectivity index (χ4v) is 2.75. The van der Waals surface area contributed by atoms with Gasteiger partial charge in [0.25, 0.3) is 0 Å². The lowest BCUT2D eigenvalue weighted by molar-refractivity contribution is -0.0366. The Balaban J connectivity index is 1.74. The van der Waals surface area contributed by atoms with Crippen molar-refractivity contribution in [3.63, 3.8) is 0 Å². The summed E-state index contributed by atoms with van der Waals surface area (Å²) < 4.78 is 12.8. The predicted molar refractivity (Wildman–Crippen MR) is 86.6 cm³/mol. The zero-order chi connectivity index (χ0) is 15.2. The molecule has 2 heterocycles. The average Bonchev–Trinajstić information content (AvgIpc) is 2.99. The van der Waals surface area contributed by atoms with Crippen molar-refractivity contribution in [2.45, 2.75) is 38.3 Å². The van der Waals surface area contributed by atoms with Gasteiger partial charge in [-0.15, -0.1) is 0 Å². The zero-order valence-electron chi connectivity index (χ0n) is 13.0. The number of nitrogens with zero attached hydrogens (tertiary/aromatic N) is 2. The summed E-state index contributed by atoms with van der Waals surface area (Å²) in [4.78, 5) is 0. The maximum absolute atomic E-state index is 5.82. The maximum Gasteiger partial charge on any atom is 0.150 e. The molecule has 116 valence electrons. The van der Waals surface area contributed by atoms with Crippen LogP contribution in [-0.2, 0) is 9.47 Å². The van der Waals surface area contributed by atoms with E-state index in [2.05, 4.69) is 35.1 Å². The number of aromatic nitrogens is 2. The van der Waals surface area contributed by atoms with E-state index in [1.165, 1.54) is 6.42 Å². The highest BCUT2D eigenvalue weighted by molar-refractivity contribution is 5.80. The second kappa shape index (κ2) is 7.44. The van der Waals surface area contributed by atoms with Gasteiger partial charge in [0.1, 0.15) is 0 Å². The number of benzene rings is 1. The first-order valence-corrected chi connectivity index (χ1v) is 7.95. The first-order chi connectivity index (χ1) is 10.9. The number of hydrogen-bond donors (Lipinski definition) is 0. The monoisotopic (exact) mass is 298 g/mol. The van der Waals surface area contributed by atoms with Crippen molar-refractivity contribution in [3.05, 3.63) is 30.0 Å². The third-order valence-corrected chi connectivity index (χ3v) is 3.91. The van der Waals surface area contributed by atoms with Crippen molar-refractivity contribution >= 4 is 10.9 Å². The molecule has 0 amide bonds. The van der Waals surface area contributed by atoms with Gasteiger partial charge in [0.15, 0.2) is 6.23 Å². The van der Waals surface area contributed by atoms with Crippen LogP contribution in [0.1, 0.15) is 43.9 Å². The van der Waals surface area contributed by atoms with E-state index in [9.17, 15) is 0 Å². The summed E-state index contributed by atoms with van der Waals surface area (Å²) in [6, 6.07) is 6.26.